The van der Waals surface area contributed by atoms with Crippen molar-refractivity contribution in [2.75, 3.05) is 6.54 Å². The number of nitrogens with one attached hydrogen (secondary N) is 1. The zero-order valence-corrected chi connectivity index (χ0v) is 9.91. The second-order valence-corrected chi connectivity index (χ2v) is 4.17. The second-order valence-electron chi connectivity index (χ2n) is 4.17. The van der Waals surface area contributed by atoms with Crippen molar-refractivity contribution >= 4 is 11.7 Å². The van der Waals surface area contributed by atoms with E-state index in [4.69, 9.17) is 0 Å². The average Bonchev–Trinajstić information content (AvgIpc) is 2.26. The Morgan fingerprint density at radius 3 is 2.25 bits per heavy atom. The van der Waals surface area contributed by atoms with Gasteiger partial charge < -0.3 is 5.32 Å². The smallest absolute Gasteiger partial charge is 0.251 e. The first-order valence-corrected chi connectivity index (χ1v) is 5.38. The Morgan fingerprint density at radius 2 is 1.75 bits per heavy atom. The van der Waals surface area contributed by atoms with Crippen LogP contribution in [0.3, 0.4) is 0 Å². The zero-order chi connectivity index (χ0) is 12.1. The summed E-state index contributed by atoms with van der Waals surface area (Å²) in [5.41, 5.74) is 1.69. The van der Waals surface area contributed by atoms with Gasteiger partial charge in [0.25, 0.3) is 5.91 Å². The summed E-state index contributed by atoms with van der Waals surface area (Å²) in [5, 5.41) is 2.61. The van der Waals surface area contributed by atoms with E-state index >= 15 is 0 Å². The zero-order valence-electron chi connectivity index (χ0n) is 9.91. The van der Waals surface area contributed by atoms with Crippen molar-refractivity contribution in [2.45, 2.75) is 20.8 Å². The maximum atomic E-state index is 11.6. The minimum absolute atomic E-state index is 0.0421. The molecular formula is C13H17NO2. The van der Waals surface area contributed by atoms with Gasteiger partial charge in [-0.25, -0.2) is 0 Å². The Hall–Kier alpha value is -1.64. The van der Waals surface area contributed by atoms with Crippen molar-refractivity contribution in [1.29, 1.82) is 0 Å². The van der Waals surface area contributed by atoms with Gasteiger partial charge in [-0.15, -0.1) is 0 Å². The fourth-order valence-electron chi connectivity index (χ4n) is 1.18. The summed E-state index contributed by atoms with van der Waals surface area (Å²) in [6.07, 6.45) is 0. The van der Waals surface area contributed by atoms with Crippen molar-refractivity contribution in [3.05, 3.63) is 35.4 Å². The minimum Gasteiger partial charge on any atom is -0.345 e. The fourth-order valence-corrected chi connectivity index (χ4v) is 1.18. The van der Waals surface area contributed by atoms with Gasteiger partial charge in [0.15, 0.2) is 5.78 Å². The number of ketones is 1. The van der Waals surface area contributed by atoms with Crippen LogP contribution in [-0.2, 0) is 4.79 Å². The molecule has 16 heavy (non-hydrogen) atoms. The van der Waals surface area contributed by atoms with E-state index in [1.807, 2.05) is 32.9 Å². The van der Waals surface area contributed by atoms with Crippen LogP contribution in [0.5, 0.6) is 0 Å². The molecule has 0 aromatic heterocycles. The standard InChI is InChI=1S/C13H17NO2/c1-9(2)12(15)8-14-13(16)11-6-4-10(3)5-7-11/h4-7,9H,8H2,1-3H3,(H,14,16). The van der Waals surface area contributed by atoms with Crippen LogP contribution in [-0.4, -0.2) is 18.2 Å². The van der Waals surface area contributed by atoms with Gasteiger partial charge in [-0.3, -0.25) is 9.59 Å². The molecule has 86 valence electrons. The first kappa shape index (κ1) is 12.4. The summed E-state index contributed by atoms with van der Waals surface area (Å²) in [6, 6.07) is 7.26. The van der Waals surface area contributed by atoms with Gasteiger partial charge >= 0.3 is 0 Å². The Kier molecular flexibility index (Phi) is 4.23. The highest BCUT2D eigenvalue weighted by Gasteiger charge is 2.10. The summed E-state index contributed by atoms with van der Waals surface area (Å²) in [7, 11) is 0. The largest absolute Gasteiger partial charge is 0.345 e. The molecule has 3 heteroatoms. The van der Waals surface area contributed by atoms with Crippen LogP contribution < -0.4 is 5.32 Å². The monoisotopic (exact) mass is 219 g/mol. The predicted octanol–water partition coefficient (Wildman–Crippen LogP) is 1.95. The Labute approximate surface area is 95.9 Å². The number of aryl methyl sites for hydroxylation is 1. The van der Waals surface area contributed by atoms with E-state index < -0.39 is 0 Å². The molecule has 0 saturated carbocycles. The lowest BCUT2D eigenvalue weighted by Gasteiger charge is -2.06. The van der Waals surface area contributed by atoms with Gasteiger partial charge in [-0.1, -0.05) is 31.5 Å². The molecule has 0 radical (unpaired) electrons. The molecule has 1 aromatic carbocycles. The van der Waals surface area contributed by atoms with E-state index in [9.17, 15) is 9.59 Å². The number of rotatable bonds is 4. The molecule has 0 aliphatic heterocycles. The van der Waals surface area contributed by atoms with Crippen molar-refractivity contribution in [2.24, 2.45) is 5.92 Å². The van der Waals surface area contributed by atoms with E-state index in [2.05, 4.69) is 5.32 Å². The van der Waals surface area contributed by atoms with Gasteiger partial charge in [-0.05, 0) is 19.1 Å². The third-order valence-electron chi connectivity index (χ3n) is 2.38. The maximum Gasteiger partial charge on any atom is 0.251 e. The van der Waals surface area contributed by atoms with E-state index in [1.54, 1.807) is 12.1 Å². The summed E-state index contributed by atoms with van der Waals surface area (Å²) >= 11 is 0. The summed E-state index contributed by atoms with van der Waals surface area (Å²) in [6.45, 7) is 5.70. The Balaban J connectivity index is 2.53. The molecule has 0 aliphatic carbocycles. The second kappa shape index (κ2) is 5.45. The van der Waals surface area contributed by atoms with Gasteiger partial charge in [-0.2, -0.15) is 0 Å². The normalized spacial score (nSPS) is 10.2. The molecule has 0 bridgehead atoms. The van der Waals surface area contributed by atoms with Gasteiger partial charge in [0.2, 0.25) is 0 Å². The highest BCUT2D eigenvalue weighted by Crippen LogP contribution is 2.02. The van der Waals surface area contributed by atoms with Crippen molar-refractivity contribution in [1.82, 2.24) is 5.32 Å². The number of hydrogen-bond acceptors (Lipinski definition) is 2. The molecule has 0 aliphatic rings. The predicted molar refractivity (Wildman–Crippen MR) is 63.4 cm³/mol. The lowest BCUT2D eigenvalue weighted by molar-refractivity contribution is -0.120. The lowest BCUT2D eigenvalue weighted by atomic mass is 10.1. The topological polar surface area (TPSA) is 46.2 Å². The van der Waals surface area contributed by atoms with Gasteiger partial charge in [0, 0.05) is 11.5 Å². The molecule has 1 amide bonds. The van der Waals surface area contributed by atoms with Crippen LogP contribution in [0.25, 0.3) is 0 Å². The van der Waals surface area contributed by atoms with Crippen LogP contribution >= 0.6 is 0 Å². The van der Waals surface area contributed by atoms with Crippen LogP contribution in [0.15, 0.2) is 24.3 Å². The number of carbonyl (C=O) groups excluding carboxylic acids is 2. The number of carbonyl (C=O) groups is 2. The quantitative estimate of drug-likeness (QED) is 0.841. The number of benzene rings is 1. The first-order valence-electron chi connectivity index (χ1n) is 5.38. The lowest BCUT2D eigenvalue weighted by Crippen LogP contribution is -2.31. The highest BCUT2D eigenvalue weighted by molar-refractivity contribution is 5.96. The van der Waals surface area contributed by atoms with E-state index in [-0.39, 0.29) is 24.2 Å². The number of Topliss-reactive ketones (excluding diaryl/α,β-unsaturated/α-hetero) is 1. The average molecular weight is 219 g/mol. The molecule has 0 spiro atoms. The van der Waals surface area contributed by atoms with Crippen LogP contribution in [0.2, 0.25) is 0 Å². The van der Waals surface area contributed by atoms with Crippen molar-refractivity contribution < 1.29 is 9.59 Å². The third-order valence-corrected chi connectivity index (χ3v) is 2.38. The third kappa shape index (κ3) is 3.50. The van der Waals surface area contributed by atoms with Crippen molar-refractivity contribution in [3.8, 4) is 0 Å². The fraction of sp³-hybridized carbons (Fsp3) is 0.385. The molecule has 0 atom stereocenters. The van der Waals surface area contributed by atoms with E-state index in [1.165, 1.54) is 0 Å². The molecule has 0 fully saturated rings. The molecule has 1 N–H and O–H groups in total. The van der Waals surface area contributed by atoms with Gasteiger partial charge in [0.1, 0.15) is 0 Å². The molecule has 0 heterocycles. The van der Waals surface area contributed by atoms with Crippen LogP contribution in [0, 0.1) is 12.8 Å². The summed E-state index contributed by atoms with van der Waals surface area (Å²) in [4.78, 5) is 22.9. The minimum atomic E-state index is -0.200. The van der Waals surface area contributed by atoms with Crippen molar-refractivity contribution in [3.63, 3.8) is 0 Å². The molecule has 3 nitrogen and oxygen atoms in total. The van der Waals surface area contributed by atoms with Crippen LogP contribution in [0.4, 0.5) is 0 Å². The molecule has 1 aromatic rings. The molecule has 1 rings (SSSR count). The molecule has 0 saturated heterocycles. The summed E-state index contributed by atoms with van der Waals surface area (Å²) in [5.74, 6) is -0.201. The molecular weight excluding hydrogens is 202 g/mol. The number of hydrogen-bond donors (Lipinski definition) is 1. The van der Waals surface area contributed by atoms with E-state index in [0.29, 0.717) is 5.56 Å². The summed E-state index contributed by atoms with van der Waals surface area (Å²) < 4.78 is 0. The SMILES string of the molecule is Cc1ccc(C(=O)NCC(=O)C(C)C)cc1. The Morgan fingerprint density at radius 1 is 1.19 bits per heavy atom. The van der Waals surface area contributed by atoms with Crippen LogP contribution in [0.1, 0.15) is 29.8 Å². The maximum absolute atomic E-state index is 11.6. The van der Waals surface area contributed by atoms with Gasteiger partial charge in [0.05, 0.1) is 6.54 Å². The number of amides is 1. The highest BCUT2D eigenvalue weighted by atomic mass is 16.2. The Bertz CT molecular complexity index is 379. The van der Waals surface area contributed by atoms with E-state index in [0.717, 1.165) is 5.56 Å². The first-order chi connectivity index (χ1) is 7.50. The molecule has 0 unspecified atom stereocenters.